The van der Waals surface area contributed by atoms with Crippen LogP contribution in [-0.4, -0.2) is 61.0 Å². The van der Waals surface area contributed by atoms with Crippen LogP contribution in [0.25, 0.3) is 5.65 Å². The van der Waals surface area contributed by atoms with Crippen LogP contribution in [-0.2, 0) is 0 Å². The Morgan fingerprint density at radius 3 is 2.75 bits per heavy atom. The lowest BCUT2D eigenvalue weighted by Crippen LogP contribution is -2.54. The van der Waals surface area contributed by atoms with Crippen LogP contribution >= 0.6 is 11.9 Å². The number of amides is 2. The van der Waals surface area contributed by atoms with Crippen molar-refractivity contribution in [3.05, 3.63) is 53.9 Å². The van der Waals surface area contributed by atoms with Gasteiger partial charge in [-0.25, -0.2) is 23.1 Å². The van der Waals surface area contributed by atoms with E-state index in [-0.39, 0.29) is 12.1 Å². The zero-order valence-electron chi connectivity index (χ0n) is 16.8. The number of aliphatic hydroxyl groups excluding tert-OH is 1. The number of fused-ring (bicyclic) bond motifs is 1. The minimum Gasteiger partial charge on any atom is -0.389 e. The molecule has 0 bridgehead atoms. The molecular weight excluding hydrogens is 446 g/mol. The van der Waals surface area contributed by atoms with Gasteiger partial charge in [0.25, 0.3) is 0 Å². The van der Waals surface area contributed by atoms with Crippen molar-refractivity contribution in [2.45, 2.75) is 25.0 Å². The van der Waals surface area contributed by atoms with Crippen molar-refractivity contribution in [1.29, 1.82) is 0 Å². The van der Waals surface area contributed by atoms with Crippen LogP contribution in [0.5, 0.6) is 0 Å². The fraction of sp³-hybridized carbons (Fsp3) is 0.350. The second kappa shape index (κ2) is 9.23. The second-order valence-corrected chi connectivity index (χ2v) is 7.62. The van der Waals surface area contributed by atoms with Crippen molar-refractivity contribution < 1.29 is 23.3 Å². The van der Waals surface area contributed by atoms with E-state index in [2.05, 4.69) is 27.3 Å². The Bertz CT molecular complexity index is 1120. The first-order valence-corrected chi connectivity index (χ1v) is 10.3. The largest absolute Gasteiger partial charge is 0.389 e. The number of β-amino-alcohol motifs (C(OH)–C–C–N with tert-alkyl or cyclic N) is 1. The van der Waals surface area contributed by atoms with Gasteiger partial charge in [-0.3, -0.25) is 4.66 Å². The fourth-order valence-corrected chi connectivity index (χ4v) is 4.06. The number of carbonyl (C=O) groups excluding carboxylic acids is 1. The molecule has 0 radical (unpaired) electrons. The van der Waals surface area contributed by atoms with Crippen LogP contribution in [0, 0.1) is 11.6 Å². The summed E-state index contributed by atoms with van der Waals surface area (Å²) in [4.78, 5) is 20.4. The number of hydrogen-bond acceptors (Lipinski definition) is 6. The van der Waals surface area contributed by atoms with Crippen LogP contribution in [0.3, 0.4) is 0 Å². The molecule has 3 aromatic rings. The van der Waals surface area contributed by atoms with Crippen molar-refractivity contribution in [3.8, 4) is 0 Å². The number of benzene rings is 1. The number of rotatable bonds is 3. The standard InChI is InChI=1S/C20H20F2N6O2.ClHO/c21-12-3-4-15(22)14(8-12)17-2-1-6-27(17)18-5-7-28-19(25-18)16(9-23-28)24-20(30)26-10-13(29)11-26;1-2/h3-5,7-9,13,17,29H,1-2,6,10-11H2,(H,24,30);2H/t17-;/m1./s1. The van der Waals surface area contributed by atoms with E-state index >= 15 is 0 Å². The molecular formula is C20H21ClF2N6O3. The van der Waals surface area contributed by atoms with Crippen LogP contribution in [0.1, 0.15) is 24.4 Å². The molecule has 0 spiro atoms. The van der Waals surface area contributed by atoms with Crippen LogP contribution in [0.2, 0.25) is 0 Å². The number of nitrogens with one attached hydrogen (secondary N) is 1. The number of carbonyl (C=O) groups is 1. The Labute approximate surface area is 187 Å². The number of urea groups is 1. The molecule has 0 saturated carbocycles. The lowest BCUT2D eigenvalue weighted by molar-refractivity contribution is 0.0309. The molecule has 1 aromatic carbocycles. The zero-order chi connectivity index (χ0) is 22.8. The van der Waals surface area contributed by atoms with Crippen LogP contribution in [0.15, 0.2) is 36.7 Å². The first kappa shape index (κ1) is 22.2. The third kappa shape index (κ3) is 4.18. The zero-order valence-corrected chi connectivity index (χ0v) is 17.6. The van der Waals surface area contributed by atoms with Crippen molar-refractivity contribution in [3.63, 3.8) is 0 Å². The number of anilines is 2. The normalized spacial score (nSPS) is 18.3. The summed E-state index contributed by atoms with van der Waals surface area (Å²) in [5, 5.41) is 16.3. The Morgan fingerprint density at radius 2 is 2.00 bits per heavy atom. The van der Waals surface area contributed by atoms with E-state index in [1.54, 1.807) is 12.3 Å². The molecule has 2 saturated heterocycles. The minimum absolute atomic E-state index is 0.290. The number of halogens is 3. The molecule has 5 rings (SSSR count). The summed E-state index contributed by atoms with van der Waals surface area (Å²) in [7, 11) is 0. The van der Waals surface area contributed by atoms with Gasteiger partial charge in [0.2, 0.25) is 0 Å². The summed E-state index contributed by atoms with van der Waals surface area (Å²) in [5.74, 6) is -0.314. The van der Waals surface area contributed by atoms with Gasteiger partial charge in [-0.05, 0) is 37.1 Å². The summed E-state index contributed by atoms with van der Waals surface area (Å²) in [6.07, 6.45) is 4.26. The maximum absolute atomic E-state index is 14.4. The van der Waals surface area contributed by atoms with Crippen molar-refractivity contribution in [2.24, 2.45) is 0 Å². The number of hydrogen-bond donors (Lipinski definition) is 3. The van der Waals surface area contributed by atoms with E-state index in [1.807, 2.05) is 4.90 Å². The van der Waals surface area contributed by atoms with Gasteiger partial charge in [0, 0.05) is 18.3 Å². The molecule has 0 unspecified atom stereocenters. The van der Waals surface area contributed by atoms with E-state index in [9.17, 15) is 18.7 Å². The molecule has 0 aliphatic carbocycles. The first-order valence-electron chi connectivity index (χ1n) is 9.96. The predicted molar refractivity (Wildman–Crippen MR) is 113 cm³/mol. The lowest BCUT2D eigenvalue weighted by Gasteiger charge is -2.35. The molecule has 2 aliphatic rings. The molecule has 2 aromatic heterocycles. The minimum atomic E-state index is -0.486. The van der Waals surface area contributed by atoms with Crippen LogP contribution < -0.4 is 10.2 Å². The average Bonchev–Trinajstić information content (AvgIpc) is 3.41. The molecule has 3 N–H and O–H groups in total. The Hall–Kier alpha value is -3.02. The summed E-state index contributed by atoms with van der Waals surface area (Å²) in [6, 6.07) is 4.62. The van der Waals surface area contributed by atoms with Crippen molar-refractivity contribution >= 4 is 35.0 Å². The van der Waals surface area contributed by atoms with E-state index in [0.717, 1.165) is 18.6 Å². The van der Waals surface area contributed by atoms with Gasteiger partial charge in [-0.15, -0.1) is 0 Å². The second-order valence-electron chi connectivity index (χ2n) is 7.62. The summed E-state index contributed by atoms with van der Waals surface area (Å²) >= 11 is 3.64. The number of nitrogens with zero attached hydrogens (tertiary/aromatic N) is 5. The highest BCUT2D eigenvalue weighted by Gasteiger charge is 2.31. The lowest BCUT2D eigenvalue weighted by atomic mass is 10.0. The van der Waals surface area contributed by atoms with Gasteiger partial charge >= 0.3 is 6.03 Å². The van der Waals surface area contributed by atoms with E-state index in [4.69, 9.17) is 4.66 Å². The van der Waals surface area contributed by atoms with E-state index < -0.39 is 17.7 Å². The SMILES string of the molecule is O=C(Nc1cnn2ccc(N3CCC[C@@H]3c3cc(F)ccc3F)nc12)N1CC(O)C1.OCl. The molecule has 9 nitrogen and oxygen atoms in total. The van der Waals surface area contributed by atoms with Gasteiger partial charge in [0.1, 0.15) is 23.1 Å². The number of aromatic nitrogens is 3. The van der Waals surface area contributed by atoms with E-state index in [0.29, 0.717) is 48.8 Å². The van der Waals surface area contributed by atoms with Gasteiger partial charge in [-0.1, -0.05) is 0 Å². The third-order valence-electron chi connectivity index (χ3n) is 5.61. The molecule has 4 heterocycles. The van der Waals surface area contributed by atoms with Gasteiger partial charge < -0.3 is 20.2 Å². The molecule has 2 aliphatic heterocycles. The number of aliphatic hydroxyl groups is 1. The Morgan fingerprint density at radius 1 is 1.22 bits per heavy atom. The quantitative estimate of drug-likeness (QED) is 0.548. The molecule has 170 valence electrons. The fourth-order valence-electron chi connectivity index (χ4n) is 4.06. The molecule has 12 heteroatoms. The van der Waals surface area contributed by atoms with Gasteiger partial charge in [0.15, 0.2) is 5.65 Å². The molecule has 1 atom stereocenters. The van der Waals surface area contributed by atoms with E-state index in [1.165, 1.54) is 21.7 Å². The average molecular weight is 467 g/mol. The van der Waals surface area contributed by atoms with Crippen molar-refractivity contribution in [1.82, 2.24) is 19.5 Å². The van der Waals surface area contributed by atoms with Gasteiger partial charge in [-0.2, -0.15) is 5.10 Å². The van der Waals surface area contributed by atoms with Crippen molar-refractivity contribution in [2.75, 3.05) is 29.9 Å². The summed E-state index contributed by atoms with van der Waals surface area (Å²) in [5.41, 5.74) is 1.20. The summed E-state index contributed by atoms with van der Waals surface area (Å²) < 4.78 is 36.1. The molecule has 2 amide bonds. The number of likely N-dealkylation sites (tertiary alicyclic amines) is 1. The van der Waals surface area contributed by atoms with Gasteiger partial charge in [0.05, 0.1) is 43.3 Å². The molecule has 2 fully saturated rings. The van der Waals surface area contributed by atoms with Crippen LogP contribution in [0.4, 0.5) is 25.1 Å². The highest BCUT2D eigenvalue weighted by atomic mass is 35.5. The summed E-state index contributed by atoms with van der Waals surface area (Å²) in [6.45, 7) is 1.24. The topological polar surface area (TPSA) is 106 Å². The predicted octanol–water partition coefficient (Wildman–Crippen LogP) is 2.69. The maximum atomic E-state index is 14.4. The maximum Gasteiger partial charge on any atom is 0.322 e. The Kier molecular flexibility index (Phi) is 6.40. The molecule has 32 heavy (non-hydrogen) atoms. The monoisotopic (exact) mass is 466 g/mol. The smallest absolute Gasteiger partial charge is 0.322 e. The highest BCUT2D eigenvalue weighted by molar-refractivity contribution is 6.04. The Balaban J connectivity index is 0.00000119. The highest BCUT2D eigenvalue weighted by Crippen LogP contribution is 2.37. The first-order chi connectivity index (χ1) is 15.5. The third-order valence-corrected chi connectivity index (χ3v) is 5.61.